The Morgan fingerprint density at radius 3 is 1.92 bits per heavy atom. The number of fused-ring (bicyclic) bond motifs is 2. The van der Waals surface area contributed by atoms with E-state index in [0.29, 0.717) is 0 Å². The SMILES string of the molecule is CC1CC2CC1C(F)(F)C2(F)F. The fraction of sp³-hybridized carbons (Fsp3) is 1.00. The van der Waals surface area contributed by atoms with Crippen LogP contribution in [0.4, 0.5) is 17.6 Å². The van der Waals surface area contributed by atoms with Crippen LogP contribution in [0.1, 0.15) is 19.8 Å². The molecule has 0 aromatic rings. The van der Waals surface area contributed by atoms with Crippen LogP contribution >= 0.6 is 0 Å². The summed E-state index contributed by atoms with van der Waals surface area (Å²) >= 11 is 0. The summed E-state index contributed by atoms with van der Waals surface area (Å²) < 4.78 is 51.5. The van der Waals surface area contributed by atoms with Crippen molar-refractivity contribution in [2.24, 2.45) is 17.8 Å². The number of halogens is 4. The zero-order valence-electron chi connectivity index (χ0n) is 6.66. The first-order valence-corrected chi connectivity index (χ1v) is 4.13. The predicted octanol–water partition coefficient (Wildman–Crippen LogP) is 2.93. The van der Waals surface area contributed by atoms with Gasteiger partial charge < -0.3 is 0 Å². The van der Waals surface area contributed by atoms with E-state index in [4.69, 9.17) is 0 Å². The first-order chi connectivity index (χ1) is 5.37. The molecule has 0 nitrogen and oxygen atoms in total. The lowest BCUT2D eigenvalue weighted by atomic mass is 9.85. The smallest absolute Gasteiger partial charge is 0.200 e. The fourth-order valence-corrected chi connectivity index (χ4v) is 2.57. The topological polar surface area (TPSA) is 0 Å². The minimum absolute atomic E-state index is 0.00116. The minimum atomic E-state index is -3.75. The van der Waals surface area contributed by atoms with Crippen molar-refractivity contribution in [3.8, 4) is 0 Å². The minimum Gasteiger partial charge on any atom is -0.200 e. The van der Waals surface area contributed by atoms with E-state index in [-0.39, 0.29) is 18.8 Å². The van der Waals surface area contributed by atoms with Gasteiger partial charge in [0.2, 0.25) is 0 Å². The molecule has 2 aliphatic rings. The molecule has 0 spiro atoms. The lowest BCUT2D eigenvalue weighted by Crippen LogP contribution is -2.47. The Hall–Kier alpha value is -0.280. The van der Waals surface area contributed by atoms with Crippen LogP contribution in [0.2, 0.25) is 0 Å². The molecule has 0 saturated heterocycles. The summed E-state index contributed by atoms with van der Waals surface area (Å²) in [6.45, 7) is 1.63. The maximum absolute atomic E-state index is 12.9. The monoisotopic (exact) mass is 182 g/mol. The molecule has 2 rings (SSSR count). The number of rotatable bonds is 0. The molecule has 4 heteroatoms. The van der Waals surface area contributed by atoms with Crippen molar-refractivity contribution in [3.05, 3.63) is 0 Å². The maximum Gasteiger partial charge on any atom is 0.313 e. The third-order valence-electron chi connectivity index (χ3n) is 3.30. The molecule has 3 atom stereocenters. The molecule has 2 saturated carbocycles. The number of hydrogen-bond acceptors (Lipinski definition) is 0. The van der Waals surface area contributed by atoms with E-state index < -0.39 is 23.7 Å². The highest BCUT2D eigenvalue weighted by atomic mass is 19.3. The van der Waals surface area contributed by atoms with Crippen molar-refractivity contribution in [2.75, 3.05) is 0 Å². The van der Waals surface area contributed by atoms with Gasteiger partial charge >= 0.3 is 11.8 Å². The summed E-state index contributed by atoms with van der Waals surface area (Å²) in [6, 6.07) is 0. The van der Waals surface area contributed by atoms with Crippen LogP contribution in [0.3, 0.4) is 0 Å². The molecule has 3 unspecified atom stereocenters. The van der Waals surface area contributed by atoms with E-state index in [9.17, 15) is 17.6 Å². The molecule has 2 aliphatic carbocycles. The normalized spacial score (nSPS) is 48.2. The van der Waals surface area contributed by atoms with E-state index in [2.05, 4.69) is 0 Å². The molecule has 70 valence electrons. The van der Waals surface area contributed by atoms with Crippen LogP contribution < -0.4 is 0 Å². The highest BCUT2D eigenvalue weighted by Gasteiger charge is 2.74. The Morgan fingerprint density at radius 2 is 1.58 bits per heavy atom. The second-order valence-corrected chi connectivity index (χ2v) is 4.00. The third kappa shape index (κ3) is 0.690. The summed E-state index contributed by atoms with van der Waals surface area (Å²) in [5, 5.41) is 0. The van der Waals surface area contributed by atoms with Crippen molar-refractivity contribution in [3.63, 3.8) is 0 Å². The molecular weight excluding hydrogens is 172 g/mol. The van der Waals surface area contributed by atoms with Crippen molar-refractivity contribution in [2.45, 2.75) is 31.6 Å². The molecule has 0 heterocycles. The molecule has 2 bridgehead atoms. The summed E-state index contributed by atoms with van der Waals surface area (Å²) in [5.41, 5.74) is 0. The Balaban J connectivity index is 2.36. The van der Waals surface area contributed by atoms with Crippen LogP contribution in [0.5, 0.6) is 0 Å². The average molecular weight is 182 g/mol. The van der Waals surface area contributed by atoms with E-state index in [0.717, 1.165) is 0 Å². The van der Waals surface area contributed by atoms with Gasteiger partial charge in [-0.05, 0) is 18.8 Å². The highest BCUT2D eigenvalue weighted by molar-refractivity contribution is 5.09. The van der Waals surface area contributed by atoms with Crippen LogP contribution in [-0.4, -0.2) is 11.8 Å². The van der Waals surface area contributed by atoms with Crippen LogP contribution in [-0.2, 0) is 0 Å². The van der Waals surface area contributed by atoms with E-state index in [1.54, 1.807) is 6.92 Å². The van der Waals surface area contributed by atoms with Crippen molar-refractivity contribution in [1.82, 2.24) is 0 Å². The van der Waals surface area contributed by atoms with Gasteiger partial charge in [0, 0.05) is 11.8 Å². The standard InChI is InChI=1S/C8H10F4/c1-4-2-5-3-6(4)8(11,12)7(5,9)10/h4-6H,2-3H2,1H3. The molecule has 0 aliphatic heterocycles. The van der Waals surface area contributed by atoms with Gasteiger partial charge in [0.25, 0.3) is 0 Å². The molecule has 0 radical (unpaired) electrons. The van der Waals surface area contributed by atoms with Crippen LogP contribution in [0.25, 0.3) is 0 Å². The summed E-state index contributed by atoms with van der Waals surface area (Å²) in [7, 11) is 0. The Kier molecular flexibility index (Phi) is 1.36. The van der Waals surface area contributed by atoms with Gasteiger partial charge in [-0.3, -0.25) is 0 Å². The van der Waals surface area contributed by atoms with Gasteiger partial charge in [-0.2, -0.15) is 17.6 Å². The Morgan fingerprint density at radius 1 is 1.00 bits per heavy atom. The Bertz CT molecular complexity index is 211. The van der Waals surface area contributed by atoms with Gasteiger partial charge in [0.1, 0.15) is 0 Å². The van der Waals surface area contributed by atoms with Gasteiger partial charge in [-0.25, -0.2) is 0 Å². The average Bonchev–Trinajstić information content (AvgIpc) is 2.35. The molecule has 2 fully saturated rings. The van der Waals surface area contributed by atoms with Gasteiger partial charge in [0.15, 0.2) is 0 Å². The first kappa shape index (κ1) is 8.32. The summed E-state index contributed by atoms with van der Waals surface area (Å²) in [4.78, 5) is 0. The Labute approximate surface area is 67.9 Å². The molecular formula is C8H10F4. The molecule has 0 N–H and O–H groups in total. The molecule has 0 aromatic carbocycles. The highest BCUT2D eigenvalue weighted by Crippen LogP contribution is 2.63. The van der Waals surface area contributed by atoms with Gasteiger partial charge in [-0.1, -0.05) is 6.92 Å². The molecule has 0 aromatic heterocycles. The van der Waals surface area contributed by atoms with E-state index in [1.165, 1.54) is 0 Å². The van der Waals surface area contributed by atoms with Gasteiger partial charge in [-0.15, -0.1) is 0 Å². The van der Waals surface area contributed by atoms with Gasteiger partial charge in [0.05, 0.1) is 0 Å². The van der Waals surface area contributed by atoms with Crippen LogP contribution in [0.15, 0.2) is 0 Å². The first-order valence-electron chi connectivity index (χ1n) is 4.13. The van der Waals surface area contributed by atoms with Crippen molar-refractivity contribution < 1.29 is 17.6 Å². The lowest BCUT2D eigenvalue weighted by Gasteiger charge is -2.33. The number of hydrogen-bond donors (Lipinski definition) is 0. The van der Waals surface area contributed by atoms with Crippen molar-refractivity contribution in [1.29, 1.82) is 0 Å². The molecule has 12 heavy (non-hydrogen) atoms. The zero-order chi connectivity index (χ0) is 9.15. The van der Waals surface area contributed by atoms with E-state index in [1.807, 2.05) is 0 Å². The molecule has 0 amide bonds. The predicted molar refractivity (Wildman–Crippen MR) is 35.3 cm³/mol. The van der Waals surface area contributed by atoms with Crippen molar-refractivity contribution >= 4 is 0 Å². The fourth-order valence-electron chi connectivity index (χ4n) is 2.57. The number of alkyl halides is 4. The summed E-state index contributed by atoms with van der Waals surface area (Å²) in [5.74, 6) is -9.91. The second-order valence-electron chi connectivity index (χ2n) is 4.00. The quantitative estimate of drug-likeness (QED) is 0.505. The second kappa shape index (κ2) is 1.96. The summed E-state index contributed by atoms with van der Waals surface area (Å²) in [6.07, 6.45) is 0.258. The largest absolute Gasteiger partial charge is 0.313 e. The van der Waals surface area contributed by atoms with E-state index >= 15 is 0 Å². The maximum atomic E-state index is 12.9. The zero-order valence-corrected chi connectivity index (χ0v) is 6.66. The lowest BCUT2D eigenvalue weighted by molar-refractivity contribution is -0.243. The van der Waals surface area contributed by atoms with Crippen LogP contribution in [0, 0.1) is 17.8 Å². The third-order valence-corrected chi connectivity index (χ3v) is 3.30.